The van der Waals surface area contributed by atoms with Gasteiger partial charge in [0, 0.05) is 12.1 Å². The second kappa shape index (κ2) is 6.33. The third-order valence-electron chi connectivity index (χ3n) is 2.57. The van der Waals surface area contributed by atoms with Crippen LogP contribution in [0.2, 0.25) is 0 Å². The second-order valence-corrected chi connectivity index (χ2v) is 4.91. The highest BCUT2D eigenvalue weighted by molar-refractivity contribution is 5.92. The van der Waals surface area contributed by atoms with Gasteiger partial charge in [-0.1, -0.05) is 13.3 Å². The molecule has 0 saturated heterocycles. The molecule has 0 fully saturated rings. The zero-order valence-corrected chi connectivity index (χ0v) is 11.6. The Bertz CT molecular complexity index is 386. The molecule has 0 aliphatic rings. The average Bonchev–Trinajstić information content (AvgIpc) is 2.29. The first-order valence-corrected chi connectivity index (χ1v) is 6.37. The summed E-state index contributed by atoms with van der Waals surface area (Å²) in [7, 11) is 0. The first-order chi connectivity index (χ1) is 8.48. The fourth-order valence-electron chi connectivity index (χ4n) is 1.78. The van der Waals surface area contributed by atoms with E-state index in [0.29, 0.717) is 11.5 Å². The van der Waals surface area contributed by atoms with E-state index in [2.05, 4.69) is 27.5 Å². The van der Waals surface area contributed by atoms with Gasteiger partial charge in [-0.25, -0.2) is 9.97 Å². The Kier molecular flexibility index (Phi) is 5.07. The summed E-state index contributed by atoms with van der Waals surface area (Å²) in [5, 5.41) is 6.00. The van der Waals surface area contributed by atoms with Crippen LogP contribution in [-0.2, 0) is 0 Å². The lowest BCUT2D eigenvalue weighted by molar-refractivity contribution is 0.0903. The van der Waals surface area contributed by atoms with Crippen LogP contribution in [0.1, 0.15) is 51.0 Å². The lowest BCUT2D eigenvalue weighted by atomic mass is 9.99. The van der Waals surface area contributed by atoms with Crippen LogP contribution in [0.4, 0.5) is 5.82 Å². The van der Waals surface area contributed by atoms with Gasteiger partial charge >= 0.3 is 0 Å². The van der Waals surface area contributed by atoms with Crippen molar-refractivity contribution in [2.75, 3.05) is 11.9 Å². The van der Waals surface area contributed by atoms with E-state index in [0.717, 1.165) is 19.4 Å². The number of anilines is 1. The summed E-state index contributed by atoms with van der Waals surface area (Å²) >= 11 is 0. The van der Waals surface area contributed by atoms with Crippen molar-refractivity contribution in [1.29, 1.82) is 0 Å². The molecule has 100 valence electrons. The first-order valence-electron chi connectivity index (χ1n) is 6.37. The minimum atomic E-state index is -0.214. The van der Waals surface area contributed by atoms with Crippen molar-refractivity contribution in [3.63, 3.8) is 0 Å². The monoisotopic (exact) mass is 250 g/mol. The van der Waals surface area contributed by atoms with Crippen LogP contribution in [0, 0.1) is 0 Å². The molecule has 5 nitrogen and oxygen atoms in total. The van der Waals surface area contributed by atoms with Crippen LogP contribution < -0.4 is 10.6 Å². The zero-order chi connectivity index (χ0) is 13.6. The summed E-state index contributed by atoms with van der Waals surface area (Å²) in [6.07, 6.45) is 5.03. The molecule has 18 heavy (non-hydrogen) atoms. The van der Waals surface area contributed by atoms with Gasteiger partial charge in [0.1, 0.15) is 11.5 Å². The third-order valence-corrected chi connectivity index (χ3v) is 2.57. The Hall–Kier alpha value is -1.65. The second-order valence-electron chi connectivity index (χ2n) is 4.91. The summed E-state index contributed by atoms with van der Waals surface area (Å²) < 4.78 is 0. The fourth-order valence-corrected chi connectivity index (χ4v) is 1.78. The van der Waals surface area contributed by atoms with Crippen molar-refractivity contribution < 1.29 is 4.79 Å². The summed E-state index contributed by atoms with van der Waals surface area (Å²) in [6.45, 7) is 8.88. The molecule has 0 radical (unpaired) electrons. The molecule has 0 aliphatic heterocycles. The lowest BCUT2D eigenvalue weighted by Crippen LogP contribution is -2.43. The first kappa shape index (κ1) is 14.4. The molecule has 0 unspecified atom stereocenters. The molecular weight excluding hydrogens is 228 g/mol. The van der Waals surface area contributed by atoms with E-state index >= 15 is 0 Å². The number of carbonyl (C=O) groups is 1. The van der Waals surface area contributed by atoms with Crippen LogP contribution >= 0.6 is 0 Å². The van der Waals surface area contributed by atoms with Gasteiger partial charge in [-0.05, 0) is 27.2 Å². The topological polar surface area (TPSA) is 66.9 Å². The van der Waals surface area contributed by atoms with Gasteiger partial charge in [0.05, 0.1) is 12.4 Å². The van der Waals surface area contributed by atoms with Crippen LogP contribution in [-0.4, -0.2) is 28.0 Å². The molecule has 0 spiro atoms. The van der Waals surface area contributed by atoms with E-state index in [9.17, 15) is 4.79 Å². The van der Waals surface area contributed by atoms with Crippen molar-refractivity contribution in [2.24, 2.45) is 0 Å². The van der Waals surface area contributed by atoms with Gasteiger partial charge in [-0.15, -0.1) is 0 Å². The number of hydrogen-bond acceptors (Lipinski definition) is 4. The Labute approximate surface area is 108 Å². The smallest absolute Gasteiger partial charge is 0.271 e. The molecule has 2 N–H and O–H groups in total. The van der Waals surface area contributed by atoms with Crippen LogP contribution in [0.15, 0.2) is 12.4 Å². The predicted molar refractivity (Wildman–Crippen MR) is 72.6 cm³/mol. The Balaban J connectivity index is 2.67. The minimum Gasteiger partial charge on any atom is -0.369 e. The van der Waals surface area contributed by atoms with Gasteiger partial charge in [-0.3, -0.25) is 4.79 Å². The SMILES string of the molecule is CCCC(C)(C)NC(=O)c1cnc(NCC)cn1. The highest BCUT2D eigenvalue weighted by Gasteiger charge is 2.20. The zero-order valence-electron chi connectivity index (χ0n) is 11.6. The van der Waals surface area contributed by atoms with E-state index in [1.807, 2.05) is 20.8 Å². The van der Waals surface area contributed by atoms with Crippen molar-refractivity contribution >= 4 is 11.7 Å². The summed E-state index contributed by atoms with van der Waals surface area (Å²) in [5.41, 5.74) is 0.134. The maximum Gasteiger partial charge on any atom is 0.271 e. The Morgan fingerprint density at radius 2 is 2.00 bits per heavy atom. The van der Waals surface area contributed by atoms with Gasteiger partial charge in [0.15, 0.2) is 0 Å². The third kappa shape index (κ3) is 4.31. The van der Waals surface area contributed by atoms with Gasteiger partial charge in [0.2, 0.25) is 0 Å². The van der Waals surface area contributed by atoms with E-state index in [1.54, 1.807) is 6.20 Å². The maximum atomic E-state index is 12.0. The number of nitrogens with zero attached hydrogens (tertiary/aromatic N) is 2. The quantitative estimate of drug-likeness (QED) is 0.812. The van der Waals surface area contributed by atoms with E-state index in [-0.39, 0.29) is 11.4 Å². The molecule has 0 aliphatic carbocycles. The lowest BCUT2D eigenvalue weighted by Gasteiger charge is -2.25. The number of nitrogens with one attached hydrogen (secondary N) is 2. The molecule has 0 aromatic carbocycles. The number of aromatic nitrogens is 2. The van der Waals surface area contributed by atoms with Crippen molar-refractivity contribution in [1.82, 2.24) is 15.3 Å². The predicted octanol–water partition coefficient (Wildman–Crippen LogP) is 2.22. The number of rotatable bonds is 6. The van der Waals surface area contributed by atoms with E-state index in [4.69, 9.17) is 0 Å². The van der Waals surface area contributed by atoms with Crippen molar-refractivity contribution in [2.45, 2.75) is 46.1 Å². The van der Waals surface area contributed by atoms with Gasteiger partial charge in [0.25, 0.3) is 5.91 Å². The van der Waals surface area contributed by atoms with E-state index < -0.39 is 0 Å². The molecule has 1 amide bonds. The minimum absolute atomic E-state index is 0.177. The van der Waals surface area contributed by atoms with Crippen molar-refractivity contribution in [3.8, 4) is 0 Å². The Morgan fingerprint density at radius 3 is 2.50 bits per heavy atom. The van der Waals surface area contributed by atoms with Crippen LogP contribution in [0.5, 0.6) is 0 Å². The fraction of sp³-hybridized carbons (Fsp3) is 0.615. The average molecular weight is 250 g/mol. The largest absolute Gasteiger partial charge is 0.369 e. The number of hydrogen-bond donors (Lipinski definition) is 2. The standard InChI is InChI=1S/C13H22N4O/c1-5-7-13(3,4)17-12(18)10-8-16-11(9-15-10)14-6-2/h8-9H,5-7H2,1-4H3,(H,14,16)(H,17,18). The molecule has 5 heteroatoms. The molecular formula is C13H22N4O. The normalized spacial score (nSPS) is 11.1. The summed E-state index contributed by atoms with van der Waals surface area (Å²) in [6, 6.07) is 0. The number of amides is 1. The molecule has 0 saturated carbocycles. The molecule has 0 atom stereocenters. The molecule has 1 aromatic rings. The summed E-state index contributed by atoms with van der Waals surface area (Å²) in [4.78, 5) is 20.2. The Morgan fingerprint density at radius 1 is 1.28 bits per heavy atom. The molecule has 1 aromatic heterocycles. The highest BCUT2D eigenvalue weighted by Crippen LogP contribution is 2.11. The van der Waals surface area contributed by atoms with Gasteiger partial charge in [-0.2, -0.15) is 0 Å². The highest BCUT2D eigenvalue weighted by atomic mass is 16.2. The number of carbonyl (C=O) groups excluding carboxylic acids is 1. The van der Waals surface area contributed by atoms with Crippen LogP contribution in [0.25, 0.3) is 0 Å². The van der Waals surface area contributed by atoms with E-state index in [1.165, 1.54) is 6.20 Å². The van der Waals surface area contributed by atoms with Crippen molar-refractivity contribution in [3.05, 3.63) is 18.1 Å². The van der Waals surface area contributed by atoms with Crippen LogP contribution in [0.3, 0.4) is 0 Å². The maximum absolute atomic E-state index is 12.0. The summed E-state index contributed by atoms with van der Waals surface area (Å²) in [5.74, 6) is 0.505. The molecule has 0 bridgehead atoms. The molecule has 1 rings (SSSR count). The molecule has 1 heterocycles. The van der Waals surface area contributed by atoms with Gasteiger partial charge < -0.3 is 10.6 Å².